The number of unbranched alkanes of at least 4 members (excludes halogenated alkanes) is 1. The molecule has 0 amide bonds. The largest absolute Gasteiger partial charge is 0.328 e. The maximum atomic E-state index is 10.9. The highest BCUT2D eigenvalue weighted by Crippen LogP contribution is 2.24. The zero-order chi connectivity index (χ0) is 24.6. The Hall–Kier alpha value is -0.130. The monoisotopic (exact) mass is 476 g/mol. The summed E-state index contributed by atoms with van der Waals surface area (Å²) in [4.78, 5) is 0. The lowest BCUT2D eigenvalue weighted by atomic mass is 9.89. The minimum atomic E-state index is -3.81. The molecule has 0 aliphatic rings. The van der Waals surface area contributed by atoms with Crippen LogP contribution in [0.3, 0.4) is 0 Å². The van der Waals surface area contributed by atoms with Gasteiger partial charge in [-0.3, -0.25) is 4.55 Å². The summed E-state index contributed by atoms with van der Waals surface area (Å²) in [5, 5.41) is 0. The first-order valence-electron chi connectivity index (χ1n) is 13.6. The number of hydrogen-bond donors (Lipinski definition) is 1. The smallest absolute Gasteiger partial charge is 0.264 e. The highest BCUT2D eigenvalue weighted by molar-refractivity contribution is 7.85. The van der Waals surface area contributed by atoms with Crippen LogP contribution in [0, 0.1) is 23.7 Å². The topological polar surface area (TPSA) is 54.4 Å². The number of nitrogens with zero attached hydrogens (tertiary/aromatic N) is 1. The van der Waals surface area contributed by atoms with E-state index in [0.29, 0.717) is 6.42 Å². The van der Waals surface area contributed by atoms with Crippen molar-refractivity contribution in [3.8, 4) is 0 Å². The minimum absolute atomic E-state index is 0.111. The first-order chi connectivity index (χ1) is 14.8. The zero-order valence-electron chi connectivity index (χ0n) is 22.7. The molecule has 194 valence electrons. The molecule has 0 aromatic heterocycles. The normalized spacial score (nSPS) is 15.8. The molecule has 0 spiro atoms. The van der Waals surface area contributed by atoms with Crippen molar-refractivity contribution in [2.75, 3.05) is 32.9 Å². The molecular formula is C27H58NO3S+. The van der Waals surface area contributed by atoms with Crippen molar-refractivity contribution < 1.29 is 17.5 Å². The van der Waals surface area contributed by atoms with E-state index in [1.54, 1.807) is 0 Å². The molecule has 0 aromatic carbocycles. The van der Waals surface area contributed by atoms with Crippen molar-refractivity contribution >= 4 is 10.1 Å². The van der Waals surface area contributed by atoms with Crippen molar-refractivity contribution in [1.29, 1.82) is 0 Å². The van der Waals surface area contributed by atoms with Crippen LogP contribution in [0.1, 0.15) is 118 Å². The van der Waals surface area contributed by atoms with Crippen LogP contribution in [-0.4, -0.2) is 50.4 Å². The van der Waals surface area contributed by atoms with Gasteiger partial charge in [-0.2, -0.15) is 8.42 Å². The van der Waals surface area contributed by atoms with Gasteiger partial charge in [0, 0.05) is 0 Å². The van der Waals surface area contributed by atoms with Gasteiger partial charge < -0.3 is 4.48 Å². The lowest BCUT2D eigenvalue weighted by molar-refractivity contribution is -0.891. The molecule has 0 fully saturated rings. The lowest BCUT2D eigenvalue weighted by Crippen LogP contribution is -2.42. The second-order valence-electron chi connectivity index (χ2n) is 11.8. The van der Waals surface area contributed by atoms with Crippen LogP contribution in [0.15, 0.2) is 0 Å². The summed E-state index contributed by atoms with van der Waals surface area (Å²) in [7, 11) is 0.671. The van der Waals surface area contributed by atoms with Gasteiger partial charge in [0.15, 0.2) is 0 Å². The van der Waals surface area contributed by atoms with E-state index in [1.807, 2.05) is 0 Å². The van der Waals surface area contributed by atoms with E-state index in [0.717, 1.165) is 47.7 Å². The third kappa shape index (κ3) is 20.5. The Labute approximate surface area is 202 Å². The summed E-state index contributed by atoms with van der Waals surface area (Å²) in [6.45, 7) is 14.0. The highest BCUT2D eigenvalue weighted by Gasteiger charge is 2.18. The van der Waals surface area contributed by atoms with Gasteiger partial charge in [0.25, 0.3) is 10.1 Å². The van der Waals surface area contributed by atoms with Crippen LogP contribution in [0.2, 0.25) is 0 Å². The Kier molecular flexibility index (Phi) is 17.3. The van der Waals surface area contributed by atoms with Crippen LogP contribution in [-0.2, 0) is 10.1 Å². The fourth-order valence-corrected chi connectivity index (χ4v) is 5.32. The molecule has 4 nitrogen and oxygen atoms in total. The third-order valence-corrected chi connectivity index (χ3v) is 8.12. The number of hydrogen-bond acceptors (Lipinski definition) is 2. The summed E-state index contributed by atoms with van der Waals surface area (Å²) < 4.78 is 31.5. The molecule has 5 heteroatoms. The van der Waals surface area contributed by atoms with Crippen LogP contribution >= 0.6 is 0 Å². The van der Waals surface area contributed by atoms with E-state index in [1.165, 1.54) is 70.6 Å². The molecule has 0 saturated heterocycles. The highest BCUT2D eigenvalue weighted by atomic mass is 32.2. The molecule has 3 unspecified atom stereocenters. The summed E-state index contributed by atoms with van der Waals surface area (Å²) in [5.41, 5.74) is 0. The van der Waals surface area contributed by atoms with E-state index < -0.39 is 10.1 Å². The molecule has 1 N–H and O–H groups in total. The molecule has 0 bridgehead atoms. The van der Waals surface area contributed by atoms with Crippen molar-refractivity contribution in [3.05, 3.63) is 0 Å². The van der Waals surface area contributed by atoms with E-state index in [2.05, 4.69) is 48.7 Å². The fraction of sp³-hybridized carbons (Fsp3) is 1.00. The molecule has 0 aromatic rings. The quantitative estimate of drug-likeness (QED) is 0.105. The fourth-order valence-electron chi connectivity index (χ4n) is 4.75. The van der Waals surface area contributed by atoms with Gasteiger partial charge in [-0.15, -0.1) is 0 Å². The maximum absolute atomic E-state index is 10.9. The summed E-state index contributed by atoms with van der Waals surface area (Å²) in [5.74, 6) is 3.28. The Bertz CT molecular complexity index is 545. The molecule has 0 aliphatic heterocycles. The van der Waals surface area contributed by atoms with Gasteiger partial charge >= 0.3 is 0 Å². The van der Waals surface area contributed by atoms with E-state index in [4.69, 9.17) is 4.55 Å². The molecule has 0 aliphatic carbocycles. The molecular weight excluding hydrogens is 418 g/mol. The van der Waals surface area contributed by atoms with Crippen LogP contribution in [0.5, 0.6) is 0 Å². The Morgan fingerprint density at radius 1 is 0.688 bits per heavy atom. The molecule has 0 rings (SSSR count). The molecule has 0 radical (unpaired) electrons. The standard InChI is InChI=1S/C27H57NO3S/c1-8-27(20-22-28(6,7)21-9-10-23-32(29,30)31)19-13-18-26(5)17-12-16-25(4)15-11-14-24(2)3/h24-27H,8-23H2,1-7H3/p+1. The second-order valence-corrected chi connectivity index (χ2v) is 13.4. The predicted molar refractivity (Wildman–Crippen MR) is 141 cm³/mol. The minimum Gasteiger partial charge on any atom is -0.328 e. The predicted octanol–water partition coefficient (Wildman–Crippen LogP) is 7.59. The average Bonchev–Trinajstić information content (AvgIpc) is 2.67. The van der Waals surface area contributed by atoms with E-state index in [9.17, 15) is 8.42 Å². The van der Waals surface area contributed by atoms with Gasteiger partial charge in [-0.1, -0.05) is 98.8 Å². The number of quaternary nitrogens is 1. The summed E-state index contributed by atoms with van der Waals surface area (Å²) in [6, 6.07) is 0. The van der Waals surface area contributed by atoms with Crippen LogP contribution in [0.25, 0.3) is 0 Å². The van der Waals surface area contributed by atoms with Crippen molar-refractivity contribution in [3.63, 3.8) is 0 Å². The SMILES string of the molecule is CCC(CCCC(C)CCCC(C)CCCC(C)C)CC[N+](C)(C)CCCCS(=O)(=O)O. The Balaban J connectivity index is 3.94. The van der Waals surface area contributed by atoms with Gasteiger partial charge in [0.2, 0.25) is 0 Å². The van der Waals surface area contributed by atoms with Gasteiger partial charge in [0.1, 0.15) is 0 Å². The Morgan fingerprint density at radius 3 is 1.66 bits per heavy atom. The first kappa shape index (κ1) is 31.9. The maximum Gasteiger partial charge on any atom is 0.264 e. The van der Waals surface area contributed by atoms with E-state index in [-0.39, 0.29) is 5.75 Å². The second kappa shape index (κ2) is 17.3. The van der Waals surface area contributed by atoms with Crippen molar-refractivity contribution in [2.24, 2.45) is 23.7 Å². The lowest BCUT2D eigenvalue weighted by Gasteiger charge is -2.31. The van der Waals surface area contributed by atoms with Crippen molar-refractivity contribution in [1.82, 2.24) is 0 Å². The van der Waals surface area contributed by atoms with Crippen LogP contribution < -0.4 is 0 Å². The zero-order valence-corrected chi connectivity index (χ0v) is 23.6. The average molecular weight is 477 g/mol. The van der Waals surface area contributed by atoms with E-state index >= 15 is 0 Å². The van der Waals surface area contributed by atoms with Gasteiger partial charge in [-0.05, 0) is 42.9 Å². The molecule has 32 heavy (non-hydrogen) atoms. The van der Waals surface area contributed by atoms with Gasteiger partial charge in [-0.25, -0.2) is 0 Å². The Morgan fingerprint density at radius 2 is 1.19 bits per heavy atom. The number of rotatable bonds is 21. The van der Waals surface area contributed by atoms with Gasteiger partial charge in [0.05, 0.1) is 32.9 Å². The third-order valence-electron chi connectivity index (χ3n) is 7.32. The summed E-state index contributed by atoms with van der Waals surface area (Å²) >= 11 is 0. The van der Waals surface area contributed by atoms with Crippen LogP contribution in [0.4, 0.5) is 0 Å². The first-order valence-corrected chi connectivity index (χ1v) is 15.2. The summed E-state index contributed by atoms with van der Waals surface area (Å²) in [6.07, 6.45) is 16.3. The molecule has 0 heterocycles. The molecule has 0 saturated carbocycles. The van der Waals surface area contributed by atoms with Crippen molar-refractivity contribution in [2.45, 2.75) is 118 Å². The molecule has 3 atom stereocenters.